The van der Waals surface area contributed by atoms with Gasteiger partial charge in [-0.2, -0.15) is 0 Å². The lowest BCUT2D eigenvalue weighted by atomic mass is 10.0. The van der Waals surface area contributed by atoms with Crippen LogP contribution in [0.4, 0.5) is 0 Å². The minimum Gasteiger partial charge on any atom is -0.507 e. The highest BCUT2D eigenvalue weighted by atomic mass is 16.5. The Kier molecular flexibility index (Phi) is 4.56. The molecule has 0 atom stereocenters. The van der Waals surface area contributed by atoms with Gasteiger partial charge in [-0.15, -0.1) is 0 Å². The molecule has 0 aliphatic rings. The first-order valence-electron chi connectivity index (χ1n) is 6.24. The molecule has 1 heterocycles. The maximum absolute atomic E-state index is 11.8. The number of phenolic OH excluding ortho intramolecular Hbond substituents is 1. The van der Waals surface area contributed by atoms with Gasteiger partial charge in [-0.1, -0.05) is 12.1 Å². The molecule has 0 unspecified atom stereocenters. The van der Waals surface area contributed by atoms with Crippen LogP contribution in [0.2, 0.25) is 0 Å². The molecule has 1 aromatic heterocycles. The lowest BCUT2D eigenvalue weighted by Gasteiger charge is -2.09. The molecule has 0 saturated heterocycles. The molecule has 21 heavy (non-hydrogen) atoms. The summed E-state index contributed by atoms with van der Waals surface area (Å²) in [6.07, 6.45) is 5.08. The number of hydrogen-bond acceptors (Lipinski definition) is 5. The van der Waals surface area contributed by atoms with Crippen molar-refractivity contribution in [2.45, 2.75) is 0 Å². The predicted octanol–water partition coefficient (Wildman–Crippen LogP) is 2.75. The van der Waals surface area contributed by atoms with E-state index in [-0.39, 0.29) is 11.3 Å². The monoisotopic (exact) mass is 285 g/mol. The fourth-order valence-electron chi connectivity index (χ4n) is 1.85. The van der Waals surface area contributed by atoms with Crippen LogP contribution in [0, 0.1) is 0 Å². The standard InChI is InChI=1S/C16H15NO4/c1-20-13-9-11(6-7-12-5-3-4-8-17-12)15(14(18)10-13)16(19)21-2/h3-10,18H,1-2H3. The van der Waals surface area contributed by atoms with Gasteiger partial charge in [0.15, 0.2) is 0 Å². The van der Waals surface area contributed by atoms with Crippen molar-refractivity contribution in [3.63, 3.8) is 0 Å². The van der Waals surface area contributed by atoms with E-state index < -0.39 is 5.97 Å². The summed E-state index contributed by atoms with van der Waals surface area (Å²) in [5.41, 5.74) is 1.31. The maximum Gasteiger partial charge on any atom is 0.342 e. The van der Waals surface area contributed by atoms with Crippen molar-refractivity contribution in [2.24, 2.45) is 0 Å². The number of benzene rings is 1. The van der Waals surface area contributed by atoms with E-state index in [9.17, 15) is 9.90 Å². The van der Waals surface area contributed by atoms with Crippen LogP contribution in [0.5, 0.6) is 11.5 Å². The van der Waals surface area contributed by atoms with Gasteiger partial charge < -0.3 is 14.6 Å². The summed E-state index contributed by atoms with van der Waals surface area (Å²) in [6.45, 7) is 0. The van der Waals surface area contributed by atoms with Crippen LogP contribution in [-0.2, 0) is 4.74 Å². The van der Waals surface area contributed by atoms with Crippen LogP contribution in [0.25, 0.3) is 12.2 Å². The fourth-order valence-corrected chi connectivity index (χ4v) is 1.85. The summed E-state index contributed by atoms with van der Waals surface area (Å²) in [5.74, 6) is -0.362. The third-order valence-electron chi connectivity index (χ3n) is 2.87. The molecule has 0 amide bonds. The largest absolute Gasteiger partial charge is 0.507 e. The lowest BCUT2D eigenvalue weighted by molar-refractivity contribution is 0.0597. The van der Waals surface area contributed by atoms with E-state index in [1.165, 1.54) is 20.3 Å². The first kappa shape index (κ1) is 14.6. The van der Waals surface area contributed by atoms with Crippen LogP contribution < -0.4 is 4.74 Å². The van der Waals surface area contributed by atoms with Gasteiger partial charge in [0.05, 0.1) is 19.9 Å². The smallest absolute Gasteiger partial charge is 0.342 e. The van der Waals surface area contributed by atoms with E-state index >= 15 is 0 Å². The minimum atomic E-state index is -0.615. The topological polar surface area (TPSA) is 68.7 Å². The van der Waals surface area contributed by atoms with Gasteiger partial charge in [-0.25, -0.2) is 4.79 Å². The van der Waals surface area contributed by atoms with Gasteiger partial charge in [-0.3, -0.25) is 4.98 Å². The zero-order valence-electron chi connectivity index (χ0n) is 11.7. The Hall–Kier alpha value is -2.82. The average Bonchev–Trinajstić information content (AvgIpc) is 2.52. The number of aromatic nitrogens is 1. The highest BCUT2D eigenvalue weighted by Gasteiger charge is 2.17. The van der Waals surface area contributed by atoms with Crippen molar-refractivity contribution in [1.82, 2.24) is 4.98 Å². The number of ether oxygens (including phenoxy) is 2. The predicted molar refractivity (Wildman–Crippen MR) is 79.2 cm³/mol. The molecule has 0 bridgehead atoms. The third-order valence-corrected chi connectivity index (χ3v) is 2.87. The Morgan fingerprint density at radius 1 is 1.24 bits per heavy atom. The molecular formula is C16H15NO4. The summed E-state index contributed by atoms with van der Waals surface area (Å²) < 4.78 is 9.79. The van der Waals surface area contributed by atoms with Crippen molar-refractivity contribution in [3.05, 3.63) is 53.3 Å². The van der Waals surface area contributed by atoms with Crippen LogP contribution in [-0.4, -0.2) is 30.3 Å². The number of nitrogens with zero attached hydrogens (tertiary/aromatic N) is 1. The third kappa shape index (κ3) is 3.39. The van der Waals surface area contributed by atoms with E-state index in [4.69, 9.17) is 9.47 Å². The Labute approximate surface area is 122 Å². The quantitative estimate of drug-likeness (QED) is 0.875. The van der Waals surface area contributed by atoms with Crippen LogP contribution in [0.3, 0.4) is 0 Å². The second-order valence-electron chi connectivity index (χ2n) is 4.19. The van der Waals surface area contributed by atoms with Crippen molar-refractivity contribution in [3.8, 4) is 11.5 Å². The molecule has 1 aromatic carbocycles. The van der Waals surface area contributed by atoms with E-state index in [0.29, 0.717) is 11.3 Å². The SMILES string of the molecule is COC(=O)c1c(O)cc(OC)cc1C=Cc1ccccn1. The van der Waals surface area contributed by atoms with Gasteiger partial charge in [0.1, 0.15) is 17.1 Å². The molecule has 0 radical (unpaired) electrons. The number of carbonyl (C=O) groups is 1. The molecule has 0 aliphatic carbocycles. The molecule has 0 saturated carbocycles. The molecule has 5 heteroatoms. The van der Waals surface area contributed by atoms with Crippen LogP contribution in [0.1, 0.15) is 21.6 Å². The maximum atomic E-state index is 11.8. The van der Waals surface area contributed by atoms with Crippen LogP contribution in [0.15, 0.2) is 36.5 Å². The van der Waals surface area contributed by atoms with Gasteiger partial charge in [-0.05, 0) is 29.8 Å². The van der Waals surface area contributed by atoms with Gasteiger partial charge in [0, 0.05) is 12.3 Å². The molecular weight excluding hydrogens is 270 g/mol. The number of methoxy groups -OCH3 is 2. The van der Waals surface area contributed by atoms with Crippen LogP contribution >= 0.6 is 0 Å². The molecule has 5 nitrogen and oxygen atoms in total. The molecule has 0 fully saturated rings. The Morgan fingerprint density at radius 2 is 2.05 bits per heavy atom. The molecule has 1 N–H and O–H groups in total. The Morgan fingerprint density at radius 3 is 2.67 bits per heavy atom. The Bertz CT molecular complexity index is 665. The normalized spacial score (nSPS) is 10.6. The second kappa shape index (κ2) is 6.56. The summed E-state index contributed by atoms with van der Waals surface area (Å²) in [7, 11) is 2.75. The second-order valence-corrected chi connectivity index (χ2v) is 4.19. The first-order valence-corrected chi connectivity index (χ1v) is 6.24. The van der Waals surface area contributed by atoms with E-state index in [2.05, 4.69) is 4.98 Å². The Balaban J connectivity index is 2.47. The van der Waals surface area contributed by atoms with Crippen molar-refractivity contribution in [2.75, 3.05) is 14.2 Å². The van der Waals surface area contributed by atoms with E-state index in [0.717, 1.165) is 5.69 Å². The first-order chi connectivity index (χ1) is 10.2. The molecule has 2 rings (SSSR count). The van der Waals surface area contributed by atoms with E-state index in [1.54, 1.807) is 24.4 Å². The molecule has 108 valence electrons. The molecule has 0 aliphatic heterocycles. The number of esters is 1. The van der Waals surface area contributed by atoms with Gasteiger partial charge in [0.2, 0.25) is 0 Å². The summed E-state index contributed by atoms with van der Waals surface area (Å²) >= 11 is 0. The number of pyridine rings is 1. The fraction of sp³-hybridized carbons (Fsp3) is 0.125. The number of hydrogen-bond donors (Lipinski definition) is 1. The highest BCUT2D eigenvalue weighted by molar-refractivity contribution is 5.97. The number of aromatic hydroxyl groups is 1. The lowest BCUT2D eigenvalue weighted by Crippen LogP contribution is -2.04. The van der Waals surface area contributed by atoms with Crippen molar-refractivity contribution < 1.29 is 19.4 Å². The highest BCUT2D eigenvalue weighted by Crippen LogP contribution is 2.29. The van der Waals surface area contributed by atoms with E-state index in [1.807, 2.05) is 18.2 Å². The summed E-state index contributed by atoms with van der Waals surface area (Å²) in [6, 6.07) is 8.51. The zero-order chi connectivity index (χ0) is 15.2. The number of phenols is 1. The summed E-state index contributed by atoms with van der Waals surface area (Å²) in [5, 5.41) is 9.97. The average molecular weight is 285 g/mol. The number of rotatable bonds is 4. The van der Waals surface area contributed by atoms with Gasteiger partial charge in [0.25, 0.3) is 0 Å². The van der Waals surface area contributed by atoms with Crippen molar-refractivity contribution >= 4 is 18.1 Å². The minimum absolute atomic E-state index is 0.0884. The molecule has 2 aromatic rings. The van der Waals surface area contributed by atoms with Gasteiger partial charge >= 0.3 is 5.97 Å². The zero-order valence-corrected chi connectivity index (χ0v) is 11.7. The molecule has 0 spiro atoms. The van der Waals surface area contributed by atoms with Crippen molar-refractivity contribution in [1.29, 1.82) is 0 Å². The number of carbonyl (C=O) groups excluding carboxylic acids is 1. The summed E-state index contributed by atoms with van der Waals surface area (Å²) in [4.78, 5) is 16.0.